The number of esters is 1. The molecule has 0 aliphatic rings. The monoisotopic (exact) mass is 292 g/mol. The highest BCUT2D eigenvalue weighted by atomic mass is 16.5. The molecule has 0 radical (unpaired) electrons. The summed E-state index contributed by atoms with van der Waals surface area (Å²) >= 11 is 0. The van der Waals surface area contributed by atoms with Crippen molar-refractivity contribution in [3.05, 3.63) is 36.5 Å². The first-order valence-electron chi connectivity index (χ1n) is 8.34. The van der Waals surface area contributed by atoms with E-state index in [9.17, 15) is 4.79 Å². The predicted octanol–water partition coefficient (Wildman–Crippen LogP) is 5.75. The first kappa shape index (κ1) is 19.7. The average Bonchev–Trinajstić information content (AvgIpc) is 2.50. The molecule has 21 heavy (non-hydrogen) atoms. The first-order chi connectivity index (χ1) is 10.3. The molecule has 120 valence electrons. The van der Waals surface area contributed by atoms with Crippen LogP contribution in [0.5, 0.6) is 0 Å². The Kier molecular flexibility index (Phi) is 15.7. The van der Waals surface area contributed by atoms with Crippen LogP contribution >= 0.6 is 0 Å². The lowest BCUT2D eigenvalue weighted by Gasteiger charge is -1.94. The van der Waals surface area contributed by atoms with Gasteiger partial charge in [0, 0.05) is 6.42 Å². The number of hydrogen-bond donors (Lipinski definition) is 0. The molecular formula is C19H32O2. The van der Waals surface area contributed by atoms with Crippen LogP contribution in [0, 0.1) is 0 Å². The molecule has 0 aliphatic heterocycles. The molecule has 0 rings (SSSR count). The smallest absolute Gasteiger partial charge is 0.305 e. The Balaban J connectivity index is 3.32. The molecule has 0 aromatic carbocycles. The normalized spacial score (nSPS) is 11.9. The minimum absolute atomic E-state index is 0.147. The van der Waals surface area contributed by atoms with Crippen molar-refractivity contribution in [2.45, 2.75) is 71.1 Å². The van der Waals surface area contributed by atoms with Crippen LogP contribution in [0.3, 0.4) is 0 Å². The Morgan fingerprint density at radius 3 is 1.90 bits per heavy atom. The lowest BCUT2D eigenvalue weighted by Crippen LogP contribution is -1.97. The van der Waals surface area contributed by atoms with Gasteiger partial charge in [-0.3, -0.25) is 4.79 Å². The molecule has 0 saturated heterocycles. The van der Waals surface area contributed by atoms with Gasteiger partial charge in [-0.1, -0.05) is 56.2 Å². The number of carbonyl (C=O) groups excluding carboxylic acids is 1. The molecule has 0 fully saturated rings. The van der Waals surface area contributed by atoms with Crippen molar-refractivity contribution < 1.29 is 9.53 Å². The molecule has 0 N–H and O–H groups in total. The number of carbonyl (C=O) groups is 1. The highest BCUT2D eigenvalue weighted by Crippen LogP contribution is 2.04. The molecule has 2 nitrogen and oxygen atoms in total. The highest BCUT2D eigenvalue weighted by molar-refractivity contribution is 5.69. The summed E-state index contributed by atoms with van der Waals surface area (Å²) in [5.41, 5.74) is 0. The third kappa shape index (κ3) is 16.6. The molecule has 0 amide bonds. The maximum absolute atomic E-state index is 10.9. The van der Waals surface area contributed by atoms with E-state index in [4.69, 9.17) is 0 Å². The van der Waals surface area contributed by atoms with Gasteiger partial charge in [0.15, 0.2) is 0 Å². The first-order valence-corrected chi connectivity index (χ1v) is 8.34. The molecule has 0 bridgehead atoms. The summed E-state index contributed by atoms with van der Waals surface area (Å²) in [6.45, 7) is 2.24. The fourth-order valence-electron chi connectivity index (χ4n) is 1.93. The van der Waals surface area contributed by atoms with Crippen molar-refractivity contribution in [2.24, 2.45) is 0 Å². The van der Waals surface area contributed by atoms with Gasteiger partial charge in [-0.2, -0.15) is 0 Å². The fourth-order valence-corrected chi connectivity index (χ4v) is 1.93. The zero-order valence-corrected chi connectivity index (χ0v) is 13.9. The summed E-state index contributed by atoms with van der Waals surface area (Å²) in [7, 11) is 1.42. The number of allylic oxidation sites excluding steroid dienone is 6. The van der Waals surface area contributed by atoms with Crippen LogP contribution in [0.2, 0.25) is 0 Å². The van der Waals surface area contributed by atoms with Crippen LogP contribution in [-0.2, 0) is 9.53 Å². The van der Waals surface area contributed by atoms with Crippen LogP contribution in [0.1, 0.15) is 71.1 Å². The summed E-state index contributed by atoms with van der Waals surface area (Å²) in [5, 5.41) is 0. The van der Waals surface area contributed by atoms with Crippen molar-refractivity contribution in [1.29, 1.82) is 0 Å². The minimum Gasteiger partial charge on any atom is -0.469 e. The summed E-state index contributed by atoms with van der Waals surface area (Å²) in [4.78, 5) is 10.9. The van der Waals surface area contributed by atoms with E-state index in [-0.39, 0.29) is 5.97 Å². The Morgan fingerprint density at radius 1 is 0.810 bits per heavy atom. The standard InChI is InChI=1S/C19H32O2/c1-3-4-5-6-7-8-9-10-11-12-13-14-15-16-17-18-19(20)21-2/h7-8,13-16H,3-6,9-12,17-18H2,1-2H3/b8-7+,14-13+,16-15+. The molecule has 0 spiro atoms. The maximum Gasteiger partial charge on any atom is 0.305 e. The average molecular weight is 292 g/mol. The van der Waals surface area contributed by atoms with Crippen molar-refractivity contribution in [3.8, 4) is 0 Å². The summed E-state index contributed by atoms with van der Waals surface area (Å²) in [5.74, 6) is -0.147. The van der Waals surface area contributed by atoms with E-state index in [1.54, 1.807) is 0 Å². The van der Waals surface area contributed by atoms with Gasteiger partial charge in [0.05, 0.1) is 7.11 Å². The van der Waals surface area contributed by atoms with E-state index in [0.717, 1.165) is 12.8 Å². The van der Waals surface area contributed by atoms with E-state index >= 15 is 0 Å². The van der Waals surface area contributed by atoms with E-state index in [0.29, 0.717) is 6.42 Å². The van der Waals surface area contributed by atoms with Crippen LogP contribution in [0.15, 0.2) is 36.5 Å². The van der Waals surface area contributed by atoms with E-state index in [1.807, 2.05) is 12.2 Å². The fraction of sp³-hybridized carbons (Fsp3) is 0.632. The summed E-state index contributed by atoms with van der Waals surface area (Å²) in [6, 6.07) is 0. The number of hydrogen-bond acceptors (Lipinski definition) is 2. The van der Waals surface area contributed by atoms with Gasteiger partial charge >= 0.3 is 5.97 Å². The maximum atomic E-state index is 10.9. The second-order valence-corrected chi connectivity index (χ2v) is 5.22. The van der Waals surface area contributed by atoms with Gasteiger partial charge < -0.3 is 4.74 Å². The van der Waals surface area contributed by atoms with Gasteiger partial charge in [-0.15, -0.1) is 0 Å². The molecular weight excluding hydrogens is 260 g/mol. The zero-order valence-electron chi connectivity index (χ0n) is 13.9. The van der Waals surface area contributed by atoms with Crippen molar-refractivity contribution in [1.82, 2.24) is 0 Å². The molecule has 0 heterocycles. The lowest BCUT2D eigenvalue weighted by molar-refractivity contribution is -0.140. The van der Waals surface area contributed by atoms with E-state index < -0.39 is 0 Å². The second-order valence-electron chi connectivity index (χ2n) is 5.22. The Labute approximate surface area is 131 Å². The van der Waals surface area contributed by atoms with Crippen molar-refractivity contribution >= 4 is 5.97 Å². The van der Waals surface area contributed by atoms with Crippen molar-refractivity contribution in [2.75, 3.05) is 7.11 Å². The number of methoxy groups -OCH3 is 1. The van der Waals surface area contributed by atoms with Crippen LogP contribution in [0.4, 0.5) is 0 Å². The van der Waals surface area contributed by atoms with Gasteiger partial charge in [0.2, 0.25) is 0 Å². The van der Waals surface area contributed by atoms with Crippen LogP contribution in [0.25, 0.3) is 0 Å². The number of ether oxygens (including phenoxy) is 1. The minimum atomic E-state index is -0.147. The molecule has 0 aliphatic carbocycles. The third-order valence-corrected chi connectivity index (χ3v) is 3.26. The molecule has 0 unspecified atom stereocenters. The van der Waals surface area contributed by atoms with Gasteiger partial charge in [-0.25, -0.2) is 0 Å². The molecule has 0 aromatic rings. The van der Waals surface area contributed by atoms with Crippen LogP contribution < -0.4 is 0 Å². The highest BCUT2D eigenvalue weighted by Gasteiger charge is 1.94. The topological polar surface area (TPSA) is 26.3 Å². The number of rotatable bonds is 13. The quantitative estimate of drug-likeness (QED) is 0.187. The Bertz CT molecular complexity index is 314. The summed E-state index contributed by atoms with van der Waals surface area (Å²) in [6.07, 6.45) is 24.2. The lowest BCUT2D eigenvalue weighted by atomic mass is 10.1. The number of unbranched alkanes of at least 4 members (excludes halogenated alkanes) is 6. The Morgan fingerprint density at radius 2 is 1.33 bits per heavy atom. The molecule has 0 saturated carbocycles. The summed E-state index contributed by atoms with van der Waals surface area (Å²) < 4.78 is 4.57. The van der Waals surface area contributed by atoms with E-state index in [1.165, 1.54) is 52.1 Å². The van der Waals surface area contributed by atoms with E-state index in [2.05, 4.69) is 36.0 Å². The van der Waals surface area contributed by atoms with Crippen molar-refractivity contribution in [3.63, 3.8) is 0 Å². The van der Waals surface area contributed by atoms with Gasteiger partial charge in [0.1, 0.15) is 0 Å². The second kappa shape index (κ2) is 16.7. The predicted molar refractivity (Wildman–Crippen MR) is 91.3 cm³/mol. The molecule has 2 heteroatoms. The zero-order chi connectivity index (χ0) is 15.6. The Hall–Kier alpha value is -1.31. The van der Waals surface area contributed by atoms with Gasteiger partial charge in [0.25, 0.3) is 0 Å². The van der Waals surface area contributed by atoms with Crippen LogP contribution in [-0.4, -0.2) is 13.1 Å². The molecule has 0 atom stereocenters. The largest absolute Gasteiger partial charge is 0.469 e. The SMILES string of the molecule is CCCCC/C=C/CCCC/C=C/C=C/CCC(=O)OC. The third-order valence-electron chi connectivity index (χ3n) is 3.26. The molecule has 0 aromatic heterocycles. The van der Waals surface area contributed by atoms with Gasteiger partial charge in [-0.05, 0) is 44.9 Å².